The number of methoxy groups -OCH3 is 1. The molecule has 0 fully saturated rings. The average Bonchev–Trinajstić information content (AvgIpc) is 2.80. The number of carbonyl (C=O) groups excluding carboxylic acids is 2. The van der Waals surface area contributed by atoms with Crippen LogP contribution in [0.2, 0.25) is 0 Å². The normalized spacial score (nSPS) is 10.4. The van der Waals surface area contributed by atoms with Crippen LogP contribution in [0.5, 0.6) is 0 Å². The predicted octanol–water partition coefficient (Wildman–Crippen LogP) is 0.995. The number of carbonyl (C=O) groups is 2. The topological polar surface area (TPSA) is 88.4 Å². The predicted molar refractivity (Wildman–Crippen MR) is 71.7 cm³/mol. The molecule has 2 aromatic rings. The Morgan fingerprint density at radius 1 is 1.42 bits per heavy atom. The van der Waals surface area contributed by atoms with Crippen molar-refractivity contribution in [2.24, 2.45) is 0 Å². The van der Waals surface area contributed by atoms with E-state index in [1.165, 1.54) is 12.0 Å². The average molecular weight is 261 g/mol. The molecule has 1 amide bonds. The fraction of sp³-hybridized carbons (Fsp3) is 0.231. The monoisotopic (exact) mass is 261 g/mol. The molecular weight excluding hydrogens is 246 g/mol. The number of fused-ring (bicyclic) bond motifs is 1. The maximum atomic E-state index is 12.2. The summed E-state index contributed by atoms with van der Waals surface area (Å²) in [5, 5.41) is 0.774. The first kappa shape index (κ1) is 12.9. The van der Waals surface area contributed by atoms with Crippen molar-refractivity contribution in [3.8, 4) is 0 Å². The van der Waals surface area contributed by atoms with Crippen LogP contribution in [0.25, 0.3) is 10.9 Å². The largest absolute Gasteiger partial charge is 0.468 e. The fourth-order valence-electron chi connectivity index (χ4n) is 1.86. The van der Waals surface area contributed by atoms with Gasteiger partial charge in [-0.05, 0) is 18.2 Å². The number of nitrogens with zero attached hydrogens (tertiary/aromatic N) is 1. The highest BCUT2D eigenvalue weighted by Crippen LogP contribution is 2.21. The van der Waals surface area contributed by atoms with Gasteiger partial charge in [0, 0.05) is 29.8 Å². The Kier molecular flexibility index (Phi) is 3.41. The van der Waals surface area contributed by atoms with Gasteiger partial charge in [0.2, 0.25) is 0 Å². The van der Waals surface area contributed by atoms with Gasteiger partial charge >= 0.3 is 5.97 Å². The maximum Gasteiger partial charge on any atom is 0.325 e. The molecule has 1 heterocycles. The zero-order chi connectivity index (χ0) is 14.0. The molecule has 0 bridgehead atoms. The van der Waals surface area contributed by atoms with Gasteiger partial charge in [-0.3, -0.25) is 9.59 Å². The van der Waals surface area contributed by atoms with Crippen molar-refractivity contribution >= 4 is 28.5 Å². The number of ether oxygens (including phenoxy) is 1. The van der Waals surface area contributed by atoms with Crippen molar-refractivity contribution < 1.29 is 14.3 Å². The summed E-state index contributed by atoms with van der Waals surface area (Å²) < 4.78 is 4.53. The van der Waals surface area contributed by atoms with E-state index in [0.717, 1.165) is 10.9 Å². The molecule has 6 nitrogen and oxygen atoms in total. The van der Waals surface area contributed by atoms with Gasteiger partial charge in [-0.1, -0.05) is 0 Å². The highest BCUT2D eigenvalue weighted by Gasteiger charge is 2.18. The lowest BCUT2D eigenvalue weighted by atomic mass is 10.1. The highest BCUT2D eigenvalue weighted by atomic mass is 16.5. The smallest absolute Gasteiger partial charge is 0.325 e. The summed E-state index contributed by atoms with van der Waals surface area (Å²) in [6, 6.07) is 5.26. The van der Waals surface area contributed by atoms with Crippen LogP contribution in [0.3, 0.4) is 0 Å². The summed E-state index contributed by atoms with van der Waals surface area (Å²) in [5.74, 6) is -0.707. The number of hydrogen-bond acceptors (Lipinski definition) is 4. The van der Waals surface area contributed by atoms with Crippen LogP contribution in [-0.4, -0.2) is 42.5 Å². The quantitative estimate of drug-likeness (QED) is 0.637. The minimum absolute atomic E-state index is 0.0863. The van der Waals surface area contributed by atoms with Crippen LogP contribution in [0, 0.1) is 0 Å². The molecule has 1 aromatic carbocycles. The van der Waals surface area contributed by atoms with Gasteiger partial charge in [0.1, 0.15) is 6.54 Å². The standard InChI is InChI=1S/C13H15N3O3/c1-16(7-12(17)19-2)13(18)10-6-15-11-5-8(14)3-4-9(10)11/h3-6,15H,7,14H2,1-2H3. The van der Waals surface area contributed by atoms with Gasteiger partial charge in [0.05, 0.1) is 12.7 Å². The summed E-state index contributed by atoms with van der Waals surface area (Å²) >= 11 is 0. The van der Waals surface area contributed by atoms with Gasteiger partial charge in [-0.2, -0.15) is 0 Å². The van der Waals surface area contributed by atoms with Crippen molar-refractivity contribution in [2.75, 3.05) is 26.4 Å². The van der Waals surface area contributed by atoms with E-state index in [0.29, 0.717) is 11.3 Å². The van der Waals surface area contributed by atoms with Crippen LogP contribution < -0.4 is 5.73 Å². The number of H-pyrrole nitrogens is 1. The number of amides is 1. The summed E-state index contributed by atoms with van der Waals surface area (Å²) in [5.41, 5.74) is 7.59. The van der Waals surface area contributed by atoms with E-state index in [9.17, 15) is 9.59 Å². The maximum absolute atomic E-state index is 12.2. The Balaban J connectivity index is 2.29. The number of anilines is 1. The number of aromatic nitrogens is 1. The number of aromatic amines is 1. The van der Waals surface area contributed by atoms with Gasteiger partial charge in [-0.25, -0.2) is 0 Å². The third-order valence-electron chi connectivity index (χ3n) is 2.88. The first-order valence-corrected chi connectivity index (χ1v) is 5.72. The zero-order valence-electron chi connectivity index (χ0n) is 10.8. The molecule has 19 heavy (non-hydrogen) atoms. The molecule has 0 atom stereocenters. The minimum Gasteiger partial charge on any atom is -0.468 e. The van der Waals surface area contributed by atoms with Crippen molar-refractivity contribution in [3.63, 3.8) is 0 Å². The molecule has 0 saturated carbocycles. The molecule has 0 aliphatic carbocycles. The Morgan fingerprint density at radius 3 is 2.84 bits per heavy atom. The second-order valence-electron chi connectivity index (χ2n) is 4.24. The molecule has 3 N–H and O–H groups in total. The SMILES string of the molecule is COC(=O)CN(C)C(=O)c1c[nH]c2cc(N)ccc12. The number of nitrogen functional groups attached to an aromatic ring is 1. The summed E-state index contributed by atoms with van der Waals surface area (Å²) in [7, 11) is 2.84. The molecule has 0 aliphatic heterocycles. The lowest BCUT2D eigenvalue weighted by Gasteiger charge is -2.14. The number of benzene rings is 1. The fourth-order valence-corrected chi connectivity index (χ4v) is 1.86. The first-order valence-electron chi connectivity index (χ1n) is 5.72. The molecule has 0 radical (unpaired) electrons. The molecule has 0 saturated heterocycles. The van der Waals surface area contributed by atoms with Gasteiger partial charge in [-0.15, -0.1) is 0 Å². The van der Waals surface area contributed by atoms with E-state index >= 15 is 0 Å². The number of rotatable bonds is 3. The molecule has 2 rings (SSSR count). The second-order valence-corrected chi connectivity index (χ2v) is 4.24. The summed E-state index contributed by atoms with van der Waals surface area (Å²) in [4.78, 5) is 27.7. The van der Waals surface area contributed by atoms with Crippen LogP contribution in [0.4, 0.5) is 5.69 Å². The van der Waals surface area contributed by atoms with Crippen molar-refractivity contribution in [1.29, 1.82) is 0 Å². The highest BCUT2D eigenvalue weighted by molar-refractivity contribution is 6.07. The molecule has 100 valence electrons. The van der Waals surface area contributed by atoms with Crippen molar-refractivity contribution in [1.82, 2.24) is 9.88 Å². The van der Waals surface area contributed by atoms with Crippen LogP contribution in [0.1, 0.15) is 10.4 Å². The minimum atomic E-state index is -0.458. The van der Waals surface area contributed by atoms with E-state index in [4.69, 9.17) is 5.73 Å². The Hall–Kier alpha value is -2.50. The van der Waals surface area contributed by atoms with E-state index in [1.807, 2.05) is 0 Å². The number of nitrogens with two attached hydrogens (primary N) is 1. The van der Waals surface area contributed by atoms with Gasteiger partial charge < -0.3 is 20.4 Å². The third-order valence-corrected chi connectivity index (χ3v) is 2.88. The molecule has 0 unspecified atom stereocenters. The molecule has 0 spiro atoms. The lowest BCUT2D eigenvalue weighted by Crippen LogP contribution is -2.32. The summed E-state index contributed by atoms with van der Waals surface area (Å²) in [6.45, 7) is -0.0863. The van der Waals surface area contributed by atoms with Gasteiger partial charge in [0.25, 0.3) is 5.91 Å². The zero-order valence-corrected chi connectivity index (χ0v) is 10.8. The molecular formula is C13H15N3O3. The van der Waals surface area contributed by atoms with Crippen molar-refractivity contribution in [3.05, 3.63) is 30.0 Å². The number of hydrogen-bond donors (Lipinski definition) is 2. The van der Waals surface area contributed by atoms with Crippen molar-refractivity contribution in [2.45, 2.75) is 0 Å². The van der Waals surface area contributed by atoms with E-state index < -0.39 is 5.97 Å². The third kappa shape index (κ3) is 2.52. The second kappa shape index (κ2) is 5.01. The van der Waals surface area contributed by atoms with Crippen LogP contribution >= 0.6 is 0 Å². The number of nitrogens with one attached hydrogen (secondary N) is 1. The van der Waals surface area contributed by atoms with E-state index in [-0.39, 0.29) is 12.5 Å². The van der Waals surface area contributed by atoms with E-state index in [1.54, 1.807) is 31.4 Å². The molecule has 6 heteroatoms. The van der Waals surface area contributed by atoms with Crippen LogP contribution in [0.15, 0.2) is 24.4 Å². The number of likely N-dealkylation sites (N-methyl/N-ethyl adjacent to an activating group) is 1. The Labute approximate surface area is 110 Å². The van der Waals surface area contributed by atoms with Gasteiger partial charge in [0.15, 0.2) is 0 Å². The Bertz CT molecular complexity index is 633. The molecule has 1 aromatic heterocycles. The van der Waals surface area contributed by atoms with E-state index in [2.05, 4.69) is 9.72 Å². The summed E-state index contributed by atoms with van der Waals surface area (Å²) in [6.07, 6.45) is 1.61. The molecule has 0 aliphatic rings. The lowest BCUT2D eigenvalue weighted by molar-refractivity contribution is -0.141. The van der Waals surface area contributed by atoms with Crippen LogP contribution in [-0.2, 0) is 9.53 Å². The first-order chi connectivity index (χ1) is 9.02. The number of esters is 1. The Morgan fingerprint density at radius 2 is 2.16 bits per heavy atom.